The van der Waals surface area contributed by atoms with E-state index < -0.39 is 0 Å². The Hall–Kier alpha value is -2.63. The largest absolute Gasteiger partial charge is 0.466 e. The number of fused-ring (bicyclic) bond motifs is 1. The Labute approximate surface area is 159 Å². The zero-order chi connectivity index (χ0) is 19.4. The molecule has 1 fully saturated rings. The van der Waals surface area contributed by atoms with E-state index >= 15 is 0 Å². The van der Waals surface area contributed by atoms with Gasteiger partial charge in [-0.15, -0.1) is 0 Å². The molecule has 6 nitrogen and oxygen atoms in total. The molecule has 0 atom stereocenters. The fourth-order valence-corrected chi connectivity index (χ4v) is 3.62. The summed E-state index contributed by atoms with van der Waals surface area (Å²) in [6, 6.07) is 7.80. The van der Waals surface area contributed by atoms with E-state index in [1.54, 1.807) is 6.92 Å². The number of pyridine rings is 1. The van der Waals surface area contributed by atoms with Crippen LogP contribution in [0.5, 0.6) is 0 Å². The molecule has 2 aromatic rings. The molecule has 3 rings (SSSR count). The first-order chi connectivity index (χ1) is 13.1. The van der Waals surface area contributed by atoms with Gasteiger partial charge in [0.1, 0.15) is 11.4 Å². The van der Waals surface area contributed by atoms with Crippen LogP contribution in [-0.4, -0.2) is 43.2 Å². The summed E-state index contributed by atoms with van der Waals surface area (Å²) in [5.41, 5.74) is 2.25. The molecule has 1 aromatic heterocycles. The number of carbonyl (C=O) groups is 2. The molecular formula is C21H26N2O4. The summed E-state index contributed by atoms with van der Waals surface area (Å²) in [5.74, 6) is 0.0712. The number of rotatable bonds is 5. The summed E-state index contributed by atoms with van der Waals surface area (Å²) in [5, 5.41) is 0.950. The summed E-state index contributed by atoms with van der Waals surface area (Å²) in [7, 11) is 0. The van der Waals surface area contributed by atoms with Gasteiger partial charge in [-0.3, -0.25) is 4.79 Å². The minimum Gasteiger partial charge on any atom is -0.466 e. The van der Waals surface area contributed by atoms with Gasteiger partial charge >= 0.3 is 11.9 Å². The van der Waals surface area contributed by atoms with Crippen molar-refractivity contribution in [1.82, 2.24) is 4.98 Å². The Bertz CT molecular complexity index is 841. The Morgan fingerprint density at radius 3 is 2.44 bits per heavy atom. The van der Waals surface area contributed by atoms with Gasteiger partial charge < -0.3 is 14.4 Å². The van der Waals surface area contributed by atoms with E-state index in [0.717, 1.165) is 16.5 Å². The molecule has 2 heterocycles. The molecule has 0 aliphatic carbocycles. The molecule has 1 aliphatic heterocycles. The molecule has 144 valence electrons. The number of piperidine rings is 1. The van der Waals surface area contributed by atoms with Gasteiger partial charge in [0.25, 0.3) is 0 Å². The maximum absolute atomic E-state index is 12.7. The number of para-hydroxylation sites is 1. The number of benzene rings is 1. The van der Waals surface area contributed by atoms with Crippen LogP contribution in [0, 0.1) is 12.8 Å². The van der Waals surface area contributed by atoms with E-state index in [9.17, 15) is 9.59 Å². The van der Waals surface area contributed by atoms with Gasteiger partial charge in [-0.2, -0.15) is 0 Å². The monoisotopic (exact) mass is 370 g/mol. The standard InChI is InChI=1S/C21H26N2O4/c1-4-26-20(24)15-10-12-23(13-11-15)19-18(21(25)27-5-2)14(3)16-8-6-7-9-17(16)22-19/h6-9,15H,4-5,10-13H2,1-3H3. The molecule has 1 saturated heterocycles. The second-order valence-electron chi connectivity index (χ2n) is 6.69. The van der Waals surface area contributed by atoms with Crippen molar-refractivity contribution < 1.29 is 19.1 Å². The summed E-state index contributed by atoms with van der Waals surface area (Å²) >= 11 is 0. The summed E-state index contributed by atoms with van der Waals surface area (Å²) in [6.07, 6.45) is 1.38. The van der Waals surface area contributed by atoms with Crippen LogP contribution in [0.25, 0.3) is 10.9 Å². The zero-order valence-corrected chi connectivity index (χ0v) is 16.2. The van der Waals surface area contributed by atoms with Crippen LogP contribution in [0.2, 0.25) is 0 Å². The van der Waals surface area contributed by atoms with Crippen LogP contribution in [0.3, 0.4) is 0 Å². The van der Waals surface area contributed by atoms with E-state index in [2.05, 4.69) is 4.90 Å². The summed E-state index contributed by atoms with van der Waals surface area (Å²) in [6.45, 7) is 7.58. The number of ether oxygens (including phenoxy) is 2. The molecule has 27 heavy (non-hydrogen) atoms. The van der Waals surface area contributed by atoms with E-state index in [1.165, 1.54) is 0 Å². The fraction of sp³-hybridized carbons (Fsp3) is 0.476. The minimum atomic E-state index is -0.351. The molecule has 0 radical (unpaired) electrons. The third-order valence-electron chi connectivity index (χ3n) is 5.03. The lowest BCUT2D eigenvalue weighted by Crippen LogP contribution is -2.38. The van der Waals surface area contributed by atoms with Crippen molar-refractivity contribution in [2.75, 3.05) is 31.2 Å². The highest BCUT2D eigenvalue weighted by atomic mass is 16.5. The van der Waals surface area contributed by atoms with Crippen LogP contribution >= 0.6 is 0 Å². The normalized spacial score (nSPS) is 15.0. The Morgan fingerprint density at radius 2 is 1.78 bits per heavy atom. The number of esters is 2. The van der Waals surface area contributed by atoms with Gasteiger partial charge in [-0.25, -0.2) is 9.78 Å². The number of aromatic nitrogens is 1. The predicted molar refractivity (Wildman–Crippen MR) is 104 cm³/mol. The maximum atomic E-state index is 12.7. The lowest BCUT2D eigenvalue weighted by molar-refractivity contribution is -0.148. The molecule has 0 N–H and O–H groups in total. The van der Waals surface area contributed by atoms with Crippen LogP contribution in [0.4, 0.5) is 5.82 Å². The maximum Gasteiger partial charge on any atom is 0.342 e. The average molecular weight is 370 g/mol. The molecule has 1 aliphatic rings. The molecule has 0 amide bonds. The van der Waals surface area contributed by atoms with Crippen molar-refractivity contribution in [3.05, 3.63) is 35.4 Å². The SMILES string of the molecule is CCOC(=O)c1c(N2CCC(C(=O)OCC)CC2)nc2ccccc2c1C. The van der Waals surface area contributed by atoms with Gasteiger partial charge in [0.2, 0.25) is 0 Å². The second kappa shape index (κ2) is 8.37. The number of nitrogens with zero attached hydrogens (tertiary/aromatic N) is 2. The van der Waals surface area contributed by atoms with Gasteiger partial charge in [0.15, 0.2) is 0 Å². The smallest absolute Gasteiger partial charge is 0.342 e. The van der Waals surface area contributed by atoms with Crippen LogP contribution < -0.4 is 4.90 Å². The van der Waals surface area contributed by atoms with Crippen molar-refractivity contribution >= 4 is 28.7 Å². The zero-order valence-electron chi connectivity index (χ0n) is 16.2. The second-order valence-corrected chi connectivity index (χ2v) is 6.69. The van der Waals surface area contributed by atoms with Crippen molar-refractivity contribution in [2.45, 2.75) is 33.6 Å². The van der Waals surface area contributed by atoms with Crippen LogP contribution in [0.1, 0.15) is 42.6 Å². The first-order valence-corrected chi connectivity index (χ1v) is 9.54. The number of aryl methyl sites for hydroxylation is 1. The van der Waals surface area contributed by atoms with Crippen LogP contribution in [-0.2, 0) is 14.3 Å². The highest BCUT2D eigenvalue weighted by Crippen LogP contribution is 2.32. The van der Waals surface area contributed by atoms with Crippen molar-refractivity contribution in [1.29, 1.82) is 0 Å². The molecule has 0 spiro atoms. The molecular weight excluding hydrogens is 344 g/mol. The molecule has 0 saturated carbocycles. The van der Waals surface area contributed by atoms with Crippen molar-refractivity contribution in [3.8, 4) is 0 Å². The van der Waals surface area contributed by atoms with E-state index in [1.807, 2.05) is 38.1 Å². The average Bonchev–Trinajstić information content (AvgIpc) is 2.68. The lowest BCUT2D eigenvalue weighted by Gasteiger charge is -2.33. The minimum absolute atomic E-state index is 0.0891. The lowest BCUT2D eigenvalue weighted by atomic mass is 9.96. The number of anilines is 1. The van der Waals surface area contributed by atoms with E-state index in [0.29, 0.717) is 50.5 Å². The summed E-state index contributed by atoms with van der Waals surface area (Å²) < 4.78 is 10.4. The molecule has 0 unspecified atom stereocenters. The topological polar surface area (TPSA) is 68.7 Å². The van der Waals surface area contributed by atoms with Crippen molar-refractivity contribution in [2.24, 2.45) is 5.92 Å². The molecule has 0 bridgehead atoms. The third kappa shape index (κ3) is 3.89. The van der Waals surface area contributed by atoms with E-state index in [-0.39, 0.29) is 17.9 Å². The highest BCUT2D eigenvalue weighted by Gasteiger charge is 2.30. The van der Waals surface area contributed by atoms with Gasteiger partial charge in [0, 0.05) is 18.5 Å². The molecule has 6 heteroatoms. The number of hydrogen-bond acceptors (Lipinski definition) is 6. The predicted octanol–water partition coefficient (Wildman–Crippen LogP) is 3.50. The Balaban J connectivity index is 1.95. The van der Waals surface area contributed by atoms with Crippen molar-refractivity contribution in [3.63, 3.8) is 0 Å². The quantitative estimate of drug-likeness (QED) is 0.751. The first-order valence-electron chi connectivity index (χ1n) is 9.54. The third-order valence-corrected chi connectivity index (χ3v) is 5.03. The Kier molecular flexibility index (Phi) is 5.94. The fourth-order valence-electron chi connectivity index (χ4n) is 3.62. The summed E-state index contributed by atoms with van der Waals surface area (Å²) in [4.78, 5) is 31.5. The van der Waals surface area contributed by atoms with Crippen LogP contribution in [0.15, 0.2) is 24.3 Å². The van der Waals surface area contributed by atoms with E-state index in [4.69, 9.17) is 14.5 Å². The number of carbonyl (C=O) groups excluding carboxylic acids is 2. The van der Waals surface area contributed by atoms with Gasteiger partial charge in [-0.05, 0) is 45.2 Å². The number of hydrogen-bond donors (Lipinski definition) is 0. The first kappa shape index (κ1) is 19.1. The van der Waals surface area contributed by atoms with Gasteiger partial charge in [-0.1, -0.05) is 18.2 Å². The highest BCUT2D eigenvalue weighted by molar-refractivity contribution is 6.02. The molecule has 1 aromatic carbocycles. The van der Waals surface area contributed by atoms with Gasteiger partial charge in [0.05, 0.1) is 24.6 Å². The Morgan fingerprint density at radius 1 is 1.11 bits per heavy atom.